The minimum atomic E-state index is -0.287. The number of aromatic nitrogens is 1. The Kier molecular flexibility index (Phi) is 3.36. The molecule has 0 fully saturated rings. The van der Waals surface area contributed by atoms with Crippen molar-refractivity contribution in [3.8, 4) is 5.75 Å². The Labute approximate surface area is 117 Å². The van der Waals surface area contributed by atoms with Gasteiger partial charge in [-0.25, -0.2) is 4.79 Å². The number of nitrogens with one attached hydrogen (secondary N) is 2. The highest BCUT2D eigenvalue weighted by atomic mass is 16.5. The van der Waals surface area contributed by atoms with E-state index in [9.17, 15) is 4.79 Å². The molecule has 1 aromatic carbocycles. The molecule has 0 aliphatic carbocycles. The Morgan fingerprint density at radius 2 is 2.20 bits per heavy atom. The third-order valence-corrected chi connectivity index (χ3v) is 3.69. The molecule has 3 rings (SSSR count). The topological polar surface area (TPSA) is 63.4 Å². The van der Waals surface area contributed by atoms with Crippen LogP contribution in [0.15, 0.2) is 12.1 Å². The van der Waals surface area contributed by atoms with E-state index in [4.69, 9.17) is 9.47 Å². The van der Waals surface area contributed by atoms with Crippen LogP contribution in [0.4, 0.5) is 0 Å². The van der Waals surface area contributed by atoms with Crippen molar-refractivity contribution in [1.29, 1.82) is 0 Å². The fraction of sp³-hybridized carbons (Fsp3) is 0.400. The van der Waals surface area contributed by atoms with Crippen molar-refractivity contribution < 1.29 is 14.3 Å². The summed E-state index contributed by atoms with van der Waals surface area (Å²) in [5, 5.41) is 4.46. The summed E-state index contributed by atoms with van der Waals surface area (Å²) in [4.78, 5) is 15.3. The number of hydrogen-bond donors (Lipinski definition) is 2. The zero-order valence-corrected chi connectivity index (χ0v) is 11.7. The lowest BCUT2D eigenvalue weighted by Crippen LogP contribution is -2.15. The lowest BCUT2D eigenvalue weighted by Gasteiger charge is -2.08. The van der Waals surface area contributed by atoms with Crippen LogP contribution >= 0.6 is 0 Å². The van der Waals surface area contributed by atoms with Crippen molar-refractivity contribution in [3.63, 3.8) is 0 Å². The molecule has 0 saturated heterocycles. The summed E-state index contributed by atoms with van der Waals surface area (Å²) >= 11 is 0. The Morgan fingerprint density at radius 1 is 1.35 bits per heavy atom. The van der Waals surface area contributed by atoms with Gasteiger partial charge in [0.2, 0.25) is 0 Å². The Hall–Kier alpha value is -2.01. The monoisotopic (exact) mass is 274 g/mol. The highest BCUT2D eigenvalue weighted by molar-refractivity contribution is 6.00. The minimum absolute atomic E-state index is 0.287. The van der Waals surface area contributed by atoms with E-state index in [1.165, 1.54) is 0 Å². The van der Waals surface area contributed by atoms with Crippen molar-refractivity contribution in [2.75, 3.05) is 20.3 Å². The number of methoxy groups -OCH3 is 1. The molecule has 2 aromatic rings. The van der Waals surface area contributed by atoms with E-state index in [0.29, 0.717) is 12.3 Å². The molecular formula is C15H18N2O3. The van der Waals surface area contributed by atoms with Gasteiger partial charge in [0.05, 0.1) is 13.7 Å². The quantitative estimate of drug-likeness (QED) is 0.840. The van der Waals surface area contributed by atoms with Crippen LogP contribution in [0.3, 0.4) is 0 Å². The molecule has 0 saturated carbocycles. The van der Waals surface area contributed by atoms with E-state index < -0.39 is 0 Å². The second kappa shape index (κ2) is 5.17. The number of ether oxygens (including phenoxy) is 2. The SMILES string of the molecule is CCOC(=O)c1[nH]c2ccc(OC)c3c2c1CCNC3. The van der Waals surface area contributed by atoms with Crippen molar-refractivity contribution in [2.24, 2.45) is 0 Å². The first kappa shape index (κ1) is 13.0. The van der Waals surface area contributed by atoms with Gasteiger partial charge in [0.25, 0.3) is 0 Å². The largest absolute Gasteiger partial charge is 0.496 e. The van der Waals surface area contributed by atoms with Crippen molar-refractivity contribution >= 4 is 16.9 Å². The average molecular weight is 274 g/mol. The molecule has 0 amide bonds. The van der Waals surface area contributed by atoms with Gasteiger partial charge in [-0.1, -0.05) is 0 Å². The van der Waals surface area contributed by atoms with Crippen molar-refractivity contribution in [3.05, 3.63) is 29.0 Å². The molecule has 2 heterocycles. The Morgan fingerprint density at radius 3 is 2.95 bits per heavy atom. The highest BCUT2D eigenvalue weighted by Crippen LogP contribution is 2.34. The summed E-state index contributed by atoms with van der Waals surface area (Å²) < 4.78 is 10.6. The summed E-state index contributed by atoms with van der Waals surface area (Å²) in [7, 11) is 1.67. The van der Waals surface area contributed by atoms with Gasteiger partial charge >= 0.3 is 5.97 Å². The number of carbonyl (C=O) groups is 1. The fourth-order valence-corrected chi connectivity index (χ4v) is 2.83. The lowest BCUT2D eigenvalue weighted by atomic mass is 10.0. The van der Waals surface area contributed by atoms with Gasteiger partial charge < -0.3 is 19.8 Å². The van der Waals surface area contributed by atoms with Crippen molar-refractivity contribution in [2.45, 2.75) is 19.9 Å². The van der Waals surface area contributed by atoms with Gasteiger partial charge in [-0.05, 0) is 37.6 Å². The second-order valence-corrected chi connectivity index (χ2v) is 4.79. The van der Waals surface area contributed by atoms with Gasteiger partial charge in [0, 0.05) is 23.0 Å². The fourth-order valence-electron chi connectivity index (χ4n) is 2.83. The number of esters is 1. The molecule has 5 nitrogen and oxygen atoms in total. The maximum absolute atomic E-state index is 12.1. The van der Waals surface area contributed by atoms with Crippen molar-refractivity contribution in [1.82, 2.24) is 10.3 Å². The molecule has 1 aromatic heterocycles. The first-order chi connectivity index (χ1) is 9.76. The van der Waals surface area contributed by atoms with Gasteiger partial charge in [0.1, 0.15) is 11.4 Å². The van der Waals surface area contributed by atoms with Crippen LogP contribution in [0.5, 0.6) is 5.75 Å². The van der Waals surface area contributed by atoms with E-state index in [1.54, 1.807) is 7.11 Å². The summed E-state index contributed by atoms with van der Waals surface area (Å²) in [6, 6.07) is 3.88. The molecule has 1 aliphatic rings. The first-order valence-corrected chi connectivity index (χ1v) is 6.84. The molecule has 0 unspecified atom stereocenters. The first-order valence-electron chi connectivity index (χ1n) is 6.84. The lowest BCUT2D eigenvalue weighted by molar-refractivity contribution is 0.0519. The second-order valence-electron chi connectivity index (χ2n) is 4.79. The number of hydrogen-bond acceptors (Lipinski definition) is 4. The van der Waals surface area contributed by atoms with E-state index >= 15 is 0 Å². The summed E-state index contributed by atoms with van der Waals surface area (Å²) in [5.41, 5.74) is 3.66. The normalized spacial score (nSPS) is 14.1. The Balaban J connectivity index is 2.24. The molecule has 0 radical (unpaired) electrons. The van der Waals surface area contributed by atoms with Crippen LogP contribution in [-0.2, 0) is 17.7 Å². The average Bonchev–Trinajstić information content (AvgIpc) is 2.67. The van der Waals surface area contributed by atoms with E-state index in [0.717, 1.165) is 47.3 Å². The predicted molar refractivity (Wildman–Crippen MR) is 76.2 cm³/mol. The molecule has 1 aliphatic heterocycles. The molecule has 20 heavy (non-hydrogen) atoms. The zero-order valence-electron chi connectivity index (χ0n) is 11.7. The van der Waals surface area contributed by atoms with Crippen LogP contribution in [0, 0.1) is 0 Å². The molecule has 0 bridgehead atoms. The van der Waals surface area contributed by atoms with Crippen LogP contribution in [0.25, 0.3) is 10.9 Å². The number of H-pyrrole nitrogens is 1. The number of benzene rings is 1. The van der Waals surface area contributed by atoms with Crippen LogP contribution in [-0.4, -0.2) is 31.2 Å². The molecule has 0 atom stereocenters. The molecule has 0 spiro atoms. The number of aromatic amines is 1. The summed E-state index contributed by atoms with van der Waals surface area (Å²) in [6.07, 6.45) is 0.800. The Bertz CT molecular complexity index is 661. The van der Waals surface area contributed by atoms with Gasteiger partial charge in [-0.2, -0.15) is 0 Å². The van der Waals surface area contributed by atoms with E-state index in [-0.39, 0.29) is 5.97 Å². The molecule has 5 heteroatoms. The molecule has 106 valence electrons. The van der Waals surface area contributed by atoms with Gasteiger partial charge in [0.15, 0.2) is 0 Å². The van der Waals surface area contributed by atoms with Crippen LogP contribution in [0.1, 0.15) is 28.5 Å². The minimum Gasteiger partial charge on any atom is -0.496 e. The van der Waals surface area contributed by atoms with Crippen LogP contribution in [0.2, 0.25) is 0 Å². The third-order valence-electron chi connectivity index (χ3n) is 3.69. The summed E-state index contributed by atoms with van der Waals surface area (Å²) in [5.74, 6) is 0.563. The maximum Gasteiger partial charge on any atom is 0.355 e. The number of carbonyl (C=O) groups excluding carboxylic acids is 1. The van der Waals surface area contributed by atoms with Gasteiger partial charge in [-0.15, -0.1) is 0 Å². The maximum atomic E-state index is 12.1. The highest BCUT2D eigenvalue weighted by Gasteiger charge is 2.23. The molecule has 2 N–H and O–H groups in total. The summed E-state index contributed by atoms with van der Waals surface area (Å²) in [6.45, 7) is 3.77. The van der Waals surface area contributed by atoms with E-state index in [1.807, 2.05) is 19.1 Å². The van der Waals surface area contributed by atoms with E-state index in [2.05, 4.69) is 10.3 Å². The predicted octanol–water partition coefficient (Wildman–Crippen LogP) is 2.00. The standard InChI is InChI=1S/C15H18N2O3/c1-3-20-15(18)14-9-6-7-16-8-10-12(19-2)5-4-11(17-14)13(9)10/h4-5,16-17H,3,6-8H2,1-2H3. The van der Waals surface area contributed by atoms with Gasteiger partial charge in [-0.3, -0.25) is 0 Å². The van der Waals surface area contributed by atoms with Crippen LogP contribution < -0.4 is 10.1 Å². The zero-order chi connectivity index (χ0) is 14.1. The smallest absolute Gasteiger partial charge is 0.355 e. The molecular weight excluding hydrogens is 256 g/mol. The third kappa shape index (κ3) is 1.94. The number of rotatable bonds is 3.